The van der Waals surface area contributed by atoms with Crippen LogP contribution in [0.4, 0.5) is 4.79 Å². The highest BCUT2D eigenvalue weighted by Crippen LogP contribution is 1.96. The second kappa shape index (κ2) is 9.11. The van der Waals surface area contributed by atoms with Crippen LogP contribution in [0.1, 0.15) is 15.9 Å². The molecule has 0 saturated heterocycles. The molecule has 0 radical (unpaired) electrons. The van der Waals surface area contributed by atoms with Gasteiger partial charge in [-0.25, -0.2) is 10.6 Å². The van der Waals surface area contributed by atoms with Crippen molar-refractivity contribution < 1.29 is 9.59 Å². The van der Waals surface area contributed by atoms with E-state index in [1.807, 2.05) is 41.8 Å². The van der Waals surface area contributed by atoms with Gasteiger partial charge in [-0.2, -0.15) is 0 Å². The largest absolute Gasteiger partial charge is 0.352 e. The van der Waals surface area contributed by atoms with Crippen molar-refractivity contribution in [2.45, 2.75) is 6.54 Å². The van der Waals surface area contributed by atoms with Crippen LogP contribution >= 0.6 is 0 Å². The second-order valence-corrected chi connectivity index (χ2v) is 4.04. The van der Waals surface area contributed by atoms with E-state index in [-0.39, 0.29) is 5.91 Å². The maximum absolute atomic E-state index is 10.8. The Morgan fingerprint density at radius 2 is 1.43 bits per heavy atom. The molecule has 0 aliphatic rings. The van der Waals surface area contributed by atoms with E-state index in [1.54, 1.807) is 24.3 Å². The molecule has 0 fully saturated rings. The number of carbonyl (C=O) groups excluding carboxylic acids is 2. The van der Waals surface area contributed by atoms with Gasteiger partial charge in [-0.1, -0.05) is 48.5 Å². The molecule has 0 unspecified atom stereocenters. The number of hydrogen-bond donors (Lipinski definition) is 4. The molecule has 110 valence electrons. The van der Waals surface area contributed by atoms with Crippen molar-refractivity contribution in [1.82, 2.24) is 10.7 Å². The highest BCUT2D eigenvalue weighted by molar-refractivity contribution is 5.93. The van der Waals surface area contributed by atoms with Crippen molar-refractivity contribution in [3.05, 3.63) is 71.8 Å². The van der Waals surface area contributed by atoms with Gasteiger partial charge >= 0.3 is 6.03 Å². The molecule has 6 nitrogen and oxygen atoms in total. The normalized spacial score (nSPS) is 9.00. The zero-order chi connectivity index (χ0) is 15.5. The molecule has 0 aliphatic heterocycles. The monoisotopic (exact) mass is 286 g/mol. The van der Waals surface area contributed by atoms with E-state index < -0.39 is 6.03 Å². The molecule has 0 atom stereocenters. The summed E-state index contributed by atoms with van der Waals surface area (Å²) in [6.07, 6.45) is 0. The molecule has 6 heteroatoms. The number of hydrogen-bond acceptors (Lipinski definition) is 3. The van der Waals surface area contributed by atoms with Gasteiger partial charge in [0, 0.05) is 12.1 Å². The molecule has 2 aromatic carbocycles. The Labute approximate surface area is 123 Å². The Hall–Kier alpha value is -2.86. The van der Waals surface area contributed by atoms with Crippen LogP contribution in [0.2, 0.25) is 0 Å². The Morgan fingerprint density at radius 1 is 0.905 bits per heavy atom. The minimum Gasteiger partial charge on any atom is -0.352 e. The number of urea groups is 1. The summed E-state index contributed by atoms with van der Waals surface area (Å²) in [5.41, 5.74) is 8.55. The molecular formula is C15H18N4O2. The third-order valence-corrected chi connectivity index (χ3v) is 2.48. The van der Waals surface area contributed by atoms with Gasteiger partial charge in [-0.3, -0.25) is 10.2 Å². The van der Waals surface area contributed by atoms with Gasteiger partial charge < -0.3 is 11.1 Å². The summed E-state index contributed by atoms with van der Waals surface area (Å²) >= 11 is 0. The lowest BCUT2D eigenvalue weighted by atomic mass is 10.2. The van der Waals surface area contributed by atoms with E-state index in [2.05, 4.69) is 5.32 Å². The fraction of sp³-hybridized carbons (Fsp3) is 0.0667. The smallest absolute Gasteiger partial charge is 0.312 e. The van der Waals surface area contributed by atoms with E-state index in [9.17, 15) is 9.59 Å². The SMILES string of the molecule is NC(=O)NCc1ccccc1.NNC(=O)c1ccccc1. The van der Waals surface area contributed by atoms with Crippen LogP contribution in [0.15, 0.2) is 60.7 Å². The number of benzene rings is 2. The summed E-state index contributed by atoms with van der Waals surface area (Å²) in [4.78, 5) is 21.1. The van der Waals surface area contributed by atoms with Crippen LogP contribution in [-0.2, 0) is 6.54 Å². The molecule has 0 aliphatic carbocycles. The molecule has 6 N–H and O–H groups in total. The molecule has 2 rings (SSSR count). The lowest BCUT2D eigenvalue weighted by Crippen LogP contribution is -2.29. The Bertz CT molecular complexity index is 558. The van der Waals surface area contributed by atoms with E-state index in [4.69, 9.17) is 11.6 Å². The van der Waals surface area contributed by atoms with Crippen molar-refractivity contribution >= 4 is 11.9 Å². The van der Waals surface area contributed by atoms with Crippen molar-refractivity contribution in [3.63, 3.8) is 0 Å². The quantitative estimate of drug-likeness (QED) is 0.386. The zero-order valence-electron chi connectivity index (χ0n) is 11.5. The Balaban J connectivity index is 0.000000211. The first-order chi connectivity index (χ1) is 10.1. The number of primary amides is 1. The fourth-order valence-electron chi connectivity index (χ4n) is 1.46. The average molecular weight is 286 g/mol. The molecule has 2 aromatic rings. The first-order valence-corrected chi connectivity index (χ1v) is 6.26. The van der Waals surface area contributed by atoms with E-state index in [0.717, 1.165) is 5.56 Å². The molecule has 0 bridgehead atoms. The van der Waals surface area contributed by atoms with Crippen LogP contribution in [-0.4, -0.2) is 11.9 Å². The summed E-state index contributed by atoms with van der Waals surface area (Å²) in [5, 5.41) is 2.50. The van der Waals surface area contributed by atoms with Gasteiger partial charge in [0.1, 0.15) is 0 Å². The van der Waals surface area contributed by atoms with Gasteiger partial charge in [-0.15, -0.1) is 0 Å². The van der Waals surface area contributed by atoms with Gasteiger partial charge in [0.2, 0.25) is 0 Å². The first-order valence-electron chi connectivity index (χ1n) is 6.26. The van der Waals surface area contributed by atoms with Crippen LogP contribution in [0.5, 0.6) is 0 Å². The third-order valence-electron chi connectivity index (χ3n) is 2.48. The Morgan fingerprint density at radius 3 is 1.90 bits per heavy atom. The summed E-state index contributed by atoms with van der Waals surface area (Å²) in [6.45, 7) is 0.496. The third kappa shape index (κ3) is 6.74. The molecular weight excluding hydrogens is 268 g/mol. The van der Waals surface area contributed by atoms with Crippen molar-refractivity contribution in [3.8, 4) is 0 Å². The topological polar surface area (TPSA) is 110 Å². The van der Waals surface area contributed by atoms with Crippen molar-refractivity contribution in [2.75, 3.05) is 0 Å². The molecule has 21 heavy (non-hydrogen) atoms. The second-order valence-electron chi connectivity index (χ2n) is 4.04. The van der Waals surface area contributed by atoms with Gasteiger partial charge in [0.05, 0.1) is 0 Å². The molecule has 0 aromatic heterocycles. The number of nitrogens with two attached hydrogens (primary N) is 2. The van der Waals surface area contributed by atoms with Gasteiger partial charge in [0.25, 0.3) is 5.91 Å². The highest BCUT2D eigenvalue weighted by atomic mass is 16.2. The molecule has 0 saturated carbocycles. The van der Waals surface area contributed by atoms with E-state index in [1.165, 1.54) is 0 Å². The highest BCUT2D eigenvalue weighted by Gasteiger charge is 1.98. The molecule has 0 heterocycles. The number of nitrogen functional groups attached to an aromatic ring is 1. The summed E-state index contributed by atoms with van der Waals surface area (Å²) in [5.74, 6) is 4.64. The van der Waals surface area contributed by atoms with E-state index in [0.29, 0.717) is 12.1 Å². The zero-order valence-corrected chi connectivity index (χ0v) is 11.5. The summed E-state index contributed by atoms with van der Waals surface area (Å²) in [7, 11) is 0. The minimum absolute atomic E-state index is 0.263. The van der Waals surface area contributed by atoms with E-state index >= 15 is 0 Å². The minimum atomic E-state index is -0.492. The number of rotatable bonds is 3. The fourth-order valence-corrected chi connectivity index (χ4v) is 1.46. The van der Waals surface area contributed by atoms with Crippen LogP contribution < -0.4 is 22.3 Å². The maximum Gasteiger partial charge on any atom is 0.312 e. The lowest BCUT2D eigenvalue weighted by Gasteiger charge is -1.99. The Kier molecular flexibility index (Phi) is 7.02. The standard InChI is InChI=1S/C8H10N2O.C7H8N2O/c9-8(11)10-6-7-4-2-1-3-5-7;8-9-7(10)6-4-2-1-3-5-6/h1-5H,6H2,(H3,9,10,11);1-5H,8H2,(H,9,10). The number of carbonyl (C=O) groups is 2. The predicted molar refractivity (Wildman–Crippen MR) is 81.0 cm³/mol. The molecule has 0 spiro atoms. The number of hydrazine groups is 1. The van der Waals surface area contributed by atoms with Gasteiger partial charge in [-0.05, 0) is 17.7 Å². The van der Waals surface area contributed by atoms with Gasteiger partial charge in [0.15, 0.2) is 0 Å². The lowest BCUT2D eigenvalue weighted by molar-refractivity contribution is 0.0953. The maximum atomic E-state index is 10.8. The first kappa shape index (κ1) is 16.2. The van der Waals surface area contributed by atoms with Crippen LogP contribution in [0, 0.1) is 0 Å². The molecule has 3 amide bonds. The summed E-state index contributed by atoms with van der Waals surface area (Å²) < 4.78 is 0. The number of amides is 3. The van der Waals surface area contributed by atoms with Crippen molar-refractivity contribution in [2.24, 2.45) is 11.6 Å². The average Bonchev–Trinajstić information content (AvgIpc) is 2.54. The van der Waals surface area contributed by atoms with Crippen LogP contribution in [0.25, 0.3) is 0 Å². The van der Waals surface area contributed by atoms with Crippen LogP contribution in [0.3, 0.4) is 0 Å². The number of nitrogens with one attached hydrogen (secondary N) is 2. The van der Waals surface area contributed by atoms with Crippen molar-refractivity contribution in [1.29, 1.82) is 0 Å². The summed E-state index contributed by atoms with van der Waals surface area (Å²) in [6, 6.07) is 17.9. The predicted octanol–water partition coefficient (Wildman–Crippen LogP) is 1.15.